The number of rotatable bonds is 5. The van der Waals surface area contributed by atoms with Gasteiger partial charge in [-0.15, -0.1) is 0 Å². The van der Waals surface area contributed by atoms with Crippen molar-refractivity contribution in [1.82, 2.24) is 0 Å². The van der Waals surface area contributed by atoms with Crippen LogP contribution in [-0.4, -0.2) is 26.7 Å². The third-order valence-electron chi connectivity index (χ3n) is 2.12. The van der Waals surface area contributed by atoms with Gasteiger partial charge < -0.3 is 10.5 Å². The number of hydrogen-bond acceptors (Lipinski definition) is 5. The number of carbonyl (C=O) groups excluding carboxylic acids is 1. The summed E-state index contributed by atoms with van der Waals surface area (Å²) in [5.74, 6) is -0.643. The first-order valence-electron chi connectivity index (χ1n) is 5.19. The Hall–Kier alpha value is -1.56. The summed E-state index contributed by atoms with van der Waals surface area (Å²) in [6, 6.07) is 6.03. The van der Waals surface area contributed by atoms with Crippen molar-refractivity contribution in [2.75, 3.05) is 18.1 Å². The van der Waals surface area contributed by atoms with Gasteiger partial charge >= 0.3 is 5.97 Å². The maximum absolute atomic E-state index is 11.8. The Balaban J connectivity index is 2.66. The zero-order valence-electron chi connectivity index (χ0n) is 9.55. The third-order valence-corrected chi connectivity index (χ3v) is 3.80. The van der Waals surface area contributed by atoms with Gasteiger partial charge in [0.2, 0.25) is 0 Å². The summed E-state index contributed by atoms with van der Waals surface area (Å²) in [5, 5.41) is 0. The molecule has 1 rings (SSSR count). The van der Waals surface area contributed by atoms with Crippen molar-refractivity contribution in [1.29, 1.82) is 0 Å². The van der Waals surface area contributed by atoms with Crippen LogP contribution in [0.2, 0.25) is 0 Å². The van der Waals surface area contributed by atoms with Crippen LogP contribution in [0.15, 0.2) is 29.2 Å². The number of ether oxygens (including phenoxy) is 1. The zero-order chi connectivity index (χ0) is 12.9. The number of esters is 1. The van der Waals surface area contributed by atoms with Crippen LogP contribution >= 0.6 is 0 Å². The molecule has 0 fully saturated rings. The lowest BCUT2D eigenvalue weighted by Gasteiger charge is -2.06. The summed E-state index contributed by atoms with van der Waals surface area (Å²) in [4.78, 5) is 11.0. The predicted molar refractivity (Wildman–Crippen MR) is 64.2 cm³/mol. The molecule has 17 heavy (non-hydrogen) atoms. The monoisotopic (exact) mass is 257 g/mol. The molecule has 0 aromatic heterocycles. The summed E-state index contributed by atoms with van der Waals surface area (Å²) < 4.78 is 28.3. The molecule has 0 bridgehead atoms. The van der Waals surface area contributed by atoms with E-state index in [0.717, 1.165) is 0 Å². The molecule has 0 heterocycles. The number of hydrogen-bond donors (Lipinski definition) is 1. The van der Waals surface area contributed by atoms with Crippen LogP contribution < -0.4 is 5.73 Å². The van der Waals surface area contributed by atoms with E-state index in [1.54, 1.807) is 19.1 Å². The molecule has 0 aliphatic carbocycles. The van der Waals surface area contributed by atoms with Crippen molar-refractivity contribution in [2.24, 2.45) is 0 Å². The summed E-state index contributed by atoms with van der Waals surface area (Å²) in [6.45, 7) is 1.51. The summed E-state index contributed by atoms with van der Waals surface area (Å²) in [5.41, 5.74) is 5.89. The minimum atomic E-state index is -3.44. The highest BCUT2D eigenvalue weighted by atomic mass is 32.2. The van der Waals surface area contributed by atoms with E-state index in [0.29, 0.717) is 5.69 Å². The van der Waals surface area contributed by atoms with Gasteiger partial charge in [0.05, 0.1) is 10.6 Å². The number of carbonyl (C=O) groups is 1. The SMILES string of the molecule is CCC(=O)OCCS(=O)(=O)c1cccc(N)c1. The van der Waals surface area contributed by atoms with E-state index in [1.807, 2.05) is 0 Å². The van der Waals surface area contributed by atoms with Crippen molar-refractivity contribution < 1.29 is 17.9 Å². The Labute approximate surface area is 100 Å². The van der Waals surface area contributed by atoms with Crippen molar-refractivity contribution in [2.45, 2.75) is 18.2 Å². The minimum absolute atomic E-state index is 0.135. The van der Waals surface area contributed by atoms with E-state index in [9.17, 15) is 13.2 Å². The molecule has 94 valence electrons. The molecule has 6 heteroatoms. The molecule has 0 unspecified atom stereocenters. The molecule has 5 nitrogen and oxygen atoms in total. The van der Waals surface area contributed by atoms with Gasteiger partial charge in [-0.05, 0) is 18.2 Å². The second-order valence-corrected chi connectivity index (χ2v) is 5.57. The smallest absolute Gasteiger partial charge is 0.305 e. The van der Waals surface area contributed by atoms with E-state index >= 15 is 0 Å². The zero-order valence-corrected chi connectivity index (χ0v) is 10.4. The Bertz CT molecular complexity index is 496. The number of nitrogens with two attached hydrogens (primary N) is 1. The van der Waals surface area contributed by atoms with Crippen LogP contribution in [-0.2, 0) is 19.4 Å². The molecule has 0 amide bonds. The maximum Gasteiger partial charge on any atom is 0.305 e. The molecule has 1 aromatic carbocycles. The third kappa shape index (κ3) is 4.07. The molecule has 2 N–H and O–H groups in total. The van der Waals surface area contributed by atoms with Crippen molar-refractivity contribution in [3.8, 4) is 0 Å². The summed E-state index contributed by atoms with van der Waals surface area (Å²) in [6.07, 6.45) is 0.234. The van der Waals surface area contributed by atoms with Gasteiger partial charge in [0.15, 0.2) is 9.84 Å². The number of benzene rings is 1. The van der Waals surface area contributed by atoms with Crippen LogP contribution in [0, 0.1) is 0 Å². The van der Waals surface area contributed by atoms with Crippen LogP contribution in [0.5, 0.6) is 0 Å². The average Bonchev–Trinajstić information content (AvgIpc) is 2.28. The number of sulfone groups is 1. The van der Waals surface area contributed by atoms with Gasteiger partial charge in [0, 0.05) is 12.1 Å². The van der Waals surface area contributed by atoms with E-state index in [-0.39, 0.29) is 23.7 Å². The quantitative estimate of drug-likeness (QED) is 0.628. The molecule has 1 aromatic rings. The first kappa shape index (κ1) is 13.5. The lowest BCUT2D eigenvalue weighted by molar-refractivity contribution is -0.142. The van der Waals surface area contributed by atoms with E-state index in [1.165, 1.54) is 12.1 Å². The van der Waals surface area contributed by atoms with E-state index < -0.39 is 15.8 Å². The van der Waals surface area contributed by atoms with Crippen LogP contribution in [0.25, 0.3) is 0 Å². The second-order valence-electron chi connectivity index (χ2n) is 3.47. The van der Waals surface area contributed by atoms with E-state index in [2.05, 4.69) is 0 Å². The van der Waals surface area contributed by atoms with Gasteiger partial charge in [0.1, 0.15) is 6.61 Å². The fourth-order valence-corrected chi connectivity index (χ4v) is 2.33. The first-order valence-corrected chi connectivity index (χ1v) is 6.85. The van der Waals surface area contributed by atoms with Gasteiger partial charge in [-0.3, -0.25) is 4.79 Å². The fourth-order valence-electron chi connectivity index (χ4n) is 1.19. The molecular weight excluding hydrogens is 242 g/mol. The lowest BCUT2D eigenvalue weighted by atomic mass is 10.3. The van der Waals surface area contributed by atoms with Gasteiger partial charge in [0.25, 0.3) is 0 Å². The summed E-state index contributed by atoms with van der Waals surface area (Å²) >= 11 is 0. The average molecular weight is 257 g/mol. The van der Waals surface area contributed by atoms with Crippen molar-refractivity contribution in [3.05, 3.63) is 24.3 Å². The molecule has 0 saturated carbocycles. The highest BCUT2D eigenvalue weighted by molar-refractivity contribution is 7.91. The second kappa shape index (κ2) is 5.67. The van der Waals surface area contributed by atoms with E-state index in [4.69, 9.17) is 10.5 Å². The highest BCUT2D eigenvalue weighted by Crippen LogP contribution is 2.14. The lowest BCUT2D eigenvalue weighted by Crippen LogP contribution is -2.15. The standard InChI is InChI=1S/C11H15NO4S/c1-2-11(13)16-6-7-17(14,15)10-5-3-4-9(12)8-10/h3-5,8H,2,6-7,12H2,1H3. The van der Waals surface area contributed by atoms with Gasteiger partial charge in [-0.1, -0.05) is 13.0 Å². The molecule has 0 saturated heterocycles. The Morgan fingerprint density at radius 1 is 1.41 bits per heavy atom. The van der Waals surface area contributed by atoms with Gasteiger partial charge in [-0.25, -0.2) is 8.42 Å². The minimum Gasteiger partial charge on any atom is -0.465 e. The normalized spacial score (nSPS) is 11.1. The Morgan fingerprint density at radius 2 is 2.12 bits per heavy atom. The van der Waals surface area contributed by atoms with Crippen LogP contribution in [0.4, 0.5) is 5.69 Å². The number of nitrogen functional groups attached to an aromatic ring is 1. The molecule has 0 aliphatic heterocycles. The number of anilines is 1. The predicted octanol–water partition coefficient (Wildman–Crippen LogP) is 0.996. The van der Waals surface area contributed by atoms with Crippen LogP contribution in [0.1, 0.15) is 13.3 Å². The topological polar surface area (TPSA) is 86.5 Å². The molecular formula is C11H15NO4S. The summed E-state index contributed by atoms with van der Waals surface area (Å²) in [7, 11) is -3.44. The fraction of sp³-hybridized carbons (Fsp3) is 0.364. The molecule has 0 radical (unpaired) electrons. The molecule has 0 aliphatic rings. The Kier molecular flexibility index (Phi) is 4.51. The molecule has 0 spiro atoms. The maximum atomic E-state index is 11.8. The largest absolute Gasteiger partial charge is 0.465 e. The first-order chi connectivity index (χ1) is 7.95. The molecule has 0 atom stereocenters. The van der Waals surface area contributed by atoms with Crippen LogP contribution in [0.3, 0.4) is 0 Å². The Morgan fingerprint density at radius 3 is 2.71 bits per heavy atom. The van der Waals surface area contributed by atoms with Crippen molar-refractivity contribution in [3.63, 3.8) is 0 Å². The van der Waals surface area contributed by atoms with Gasteiger partial charge in [-0.2, -0.15) is 0 Å². The highest BCUT2D eigenvalue weighted by Gasteiger charge is 2.15. The van der Waals surface area contributed by atoms with Crippen molar-refractivity contribution >= 4 is 21.5 Å².